The summed E-state index contributed by atoms with van der Waals surface area (Å²) in [7, 11) is -3.32. The van der Waals surface area contributed by atoms with Crippen LogP contribution in [-0.2, 0) is 30.0 Å². The van der Waals surface area contributed by atoms with E-state index in [0.717, 1.165) is 5.56 Å². The second-order valence-corrected chi connectivity index (χ2v) is 11.7. The van der Waals surface area contributed by atoms with Crippen molar-refractivity contribution in [1.82, 2.24) is 15.5 Å². The van der Waals surface area contributed by atoms with Gasteiger partial charge >= 0.3 is 19.7 Å². The third kappa shape index (κ3) is 11.3. The Balaban J connectivity index is 1.88. The number of benzene rings is 1. The fourth-order valence-corrected chi connectivity index (χ4v) is 5.58. The van der Waals surface area contributed by atoms with Crippen molar-refractivity contribution in [3.63, 3.8) is 0 Å². The van der Waals surface area contributed by atoms with E-state index in [-0.39, 0.29) is 24.3 Å². The average Bonchev–Trinajstić information content (AvgIpc) is 2.88. The molecule has 0 bridgehead atoms. The number of alkyl halides is 2. The predicted octanol–water partition coefficient (Wildman–Crippen LogP) is 4.22. The van der Waals surface area contributed by atoms with Crippen LogP contribution in [0.1, 0.15) is 38.2 Å². The number of hydrogen-bond donors (Lipinski definition) is 5. The zero-order chi connectivity index (χ0) is 28.0. The molecule has 0 aliphatic heterocycles. The van der Waals surface area contributed by atoms with Crippen molar-refractivity contribution < 1.29 is 33.3 Å². The summed E-state index contributed by atoms with van der Waals surface area (Å²) in [5.41, 5.74) is 0.460. The molecule has 1 aliphatic rings. The highest BCUT2D eigenvalue weighted by molar-refractivity contribution is 7.54. The van der Waals surface area contributed by atoms with Crippen LogP contribution in [0.4, 0.5) is 10.5 Å². The smallest absolute Gasteiger partial charge is 0.412 e. The molecule has 0 heterocycles. The largest absolute Gasteiger partial charge is 0.480 e. The lowest BCUT2D eigenvalue weighted by atomic mass is 9.78. The van der Waals surface area contributed by atoms with Crippen molar-refractivity contribution in [2.75, 3.05) is 36.7 Å². The molecule has 2 rings (SSSR count). The topological polar surface area (TPSA) is 155 Å². The van der Waals surface area contributed by atoms with E-state index < -0.39 is 37.8 Å². The van der Waals surface area contributed by atoms with Gasteiger partial charge in [-0.2, -0.15) is 0 Å². The third-order valence-electron chi connectivity index (χ3n) is 5.84. The van der Waals surface area contributed by atoms with Crippen LogP contribution in [0, 0.1) is 5.41 Å². The maximum absolute atomic E-state index is 12.8. The lowest BCUT2D eigenvalue weighted by molar-refractivity contribution is -0.140. The third-order valence-corrected chi connectivity index (χ3v) is 7.99. The minimum atomic E-state index is -3.32. The number of hydrogen-bond acceptors (Lipinski definition) is 6. The number of anilines is 1. The van der Waals surface area contributed by atoms with Gasteiger partial charge in [-0.15, -0.1) is 23.2 Å². The number of ether oxygens (including phenoxy) is 1. The highest BCUT2D eigenvalue weighted by Gasteiger charge is 2.34. The van der Waals surface area contributed by atoms with Gasteiger partial charge in [-0.1, -0.05) is 25.1 Å². The van der Waals surface area contributed by atoms with Crippen LogP contribution in [0.2, 0.25) is 0 Å². The molecule has 0 fully saturated rings. The van der Waals surface area contributed by atoms with Crippen LogP contribution in [0.25, 0.3) is 0 Å². The number of carboxylic acid groups (broad SMARTS) is 1. The molecule has 0 saturated heterocycles. The Labute approximate surface area is 232 Å². The second-order valence-electron chi connectivity index (χ2n) is 8.93. The van der Waals surface area contributed by atoms with Crippen molar-refractivity contribution in [3.05, 3.63) is 42.0 Å². The van der Waals surface area contributed by atoms with E-state index in [4.69, 9.17) is 37.6 Å². The van der Waals surface area contributed by atoms with Crippen LogP contribution in [-0.4, -0.2) is 60.6 Å². The van der Waals surface area contributed by atoms with Gasteiger partial charge in [0.15, 0.2) is 0 Å². The molecule has 38 heavy (non-hydrogen) atoms. The molecule has 0 aromatic heterocycles. The number of halogens is 2. The summed E-state index contributed by atoms with van der Waals surface area (Å²) >= 11 is 11.3. The van der Waals surface area contributed by atoms with Gasteiger partial charge in [-0.05, 0) is 49.5 Å². The van der Waals surface area contributed by atoms with Crippen LogP contribution in [0.15, 0.2) is 36.4 Å². The van der Waals surface area contributed by atoms with E-state index in [1.54, 1.807) is 37.3 Å². The van der Waals surface area contributed by atoms with E-state index >= 15 is 0 Å². The van der Waals surface area contributed by atoms with Crippen molar-refractivity contribution in [3.8, 4) is 0 Å². The first-order chi connectivity index (χ1) is 18.1. The fourth-order valence-electron chi connectivity index (χ4n) is 3.69. The zero-order valence-corrected chi connectivity index (χ0v) is 23.6. The normalized spacial score (nSPS) is 20.6. The zero-order valence-electron chi connectivity index (χ0n) is 21.2. The summed E-state index contributed by atoms with van der Waals surface area (Å²) in [6.07, 6.45) is 4.46. The Kier molecular flexibility index (Phi) is 13.6. The minimum Gasteiger partial charge on any atom is -0.480 e. The van der Waals surface area contributed by atoms with Crippen molar-refractivity contribution >= 4 is 54.5 Å². The summed E-state index contributed by atoms with van der Waals surface area (Å²) in [5, 5.41) is 19.5. The summed E-state index contributed by atoms with van der Waals surface area (Å²) in [6, 6.07) is 6.78. The average molecular weight is 593 g/mol. The number of amides is 2. The molecule has 1 aromatic rings. The SMILES string of the molecule is C[C@@]1(C(=O)NCC(=O)O)CC/C=C/[C@H](OC(=O)Nc2ccc(COP(=O)(NCCCl)NCCCl)cc2)CC1. The maximum atomic E-state index is 12.8. The van der Waals surface area contributed by atoms with E-state index in [2.05, 4.69) is 20.8 Å². The molecule has 0 spiro atoms. The molecule has 212 valence electrons. The number of allylic oxidation sites excluding steroid dienone is 1. The van der Waals surface area contributed by atoms with Gasteiger partial charge in [0, 0.05) is 36.0 Å². The summed E-state index contributed by atoms with van der Waals surface area (Å²) in [4.78, 5) is 35.8. The fraction of sp³-hybridized carbons (Fsp3) is 0.542. The monoisotopic (exact) mass is 592 g/mol. The molecular weight excluding hydrogens is 558 g/mol. The first-order valence-corrected chi connectivity index (χ1v) is 14.9. The summed E-state index contributed by atoms with van der Waals surface area (Å²) in [6.45, 7) is 2.00. The molecule has 0 unspecified atom stereocenters. The molecule has 0 saturated carbocycles. The number of rotatable bonds is 14. The quantitative estimate of drug-likeness (QED) is 0.121. The maximum Gasteiger partial charge on any atom is 0.412 e. The summed E-state index contributed by atoms with van der Waals surface area (Å²) in [5.74, 6) is -0.900. The molecule has 2 amide bonds. The van der Waals surface area contributed by atoms with E-state index in [9.17, 15) is 18.9 Å². The highest BCUT2D eigenvalue weighted by Crippen LogP contribution is 2.38. The Morgan fingerprint density at radius 3 is 2.37 bits per heavy atom. The van der Waals surface area contributed by atoms with Gasteiger partial charge in [-0.3, -0.25) is 19.5 Å². The molecule has 11 nitrogen and oxygen atoms in total. The van der Waals surface area contributed by atoms with Gasteiger partial charge in [-0.25, -0.2) is 15.0 Å². The summed E-state index contributed by atoms with van der Waals surface area (Å²) < 4.78 is 23.9. The minimum absolute atomic E-state index is 0.0538. The van der Waals surface area contributed by atoms with E-state index in [1.165, 1.54) is 0 Å². The molecule has 5 N–H and O–H groups in total. The van der Waals surface area contributed by atoms with Gasteiger partial charge < -0.3 is 19.7 Å². The van der Waals surface area contributed by atoms with Crippen LogP contribution in [0.3, 0.4) is 0 Å². The van der Waals surface area contributed by atoms with Crippen molar-refractivity contribution in [2.24, 2.45) is 5.41 Å². The molecule has 0 radical (unpaired) electrons. The standard InChI is InChI=1S/C24H35Cl2N4O7P/c1-24(22(33)27-16-21(31)32)10-3-2-4-20(9-11-24)37-23(34)30-19-7-5-18(6-8-19)17-36-38(35,28-14-12-25)29-15-13-26/h2,4-8,20H,3,9-17H2,1H3,(H,27,33)(H,30,34)(H,31,32)(H2,28,29,35)/b4-2+/t20-,24+/m0/s1. The van der Waals surface area contributed by atoms with E-state index in [1.807, 2.05) is 6.08 Å². The molecule has 1 aliphatic carbocycles. The van der Waals surface area contributed by atoms with Crippen molar-refractivity contribution in [2.45, 2.75) is 45.3 Å². The highest BCUT2D eigenvalue weighted by atomic mass is 35.5. The van der Waals surface area contributed by atoms with Gasteiger partial charge in [0.2, 0.25) is 5.91 Å². The molecule has 14 heteroatoms. The number of carboxylic acids is 1. The lowest BCUT2D eigenvalue weighted by Gasteiger charge is -2.30. The number of aliphatic carboxylic acids is 1. The first kappa shape index (κ1) is 32.1. The molecule has 1 aromatic carbocycles. The Morgan fingerprint density at radius 2 is 1.76 bits per heavy atom. The predicted molar refractivity (Wildman–Crippen MR) is 147 cm³/mol. The number of carbonyl (C=O) groups excluding carboxylic acids is 2. The van der Waals surface area contributed by atoms with Gasteiger partial charge in [0.1, 0.15) is 12.6 Å². The van der Waals surface area contributed by atoms with Crippen LogP contribution >= 0.6 is 30.9 Å². The van der Waals surface area contributed by atoms with Crippen molar-refractivity contribution in [1.29, 1.82) is 0 Å². The number of carbonyl (C=O) groups is 3. The van der Waals surface area contributed by atoms with Crippen LogP contribution < -0.4 is 20.8 Å². The van der Waals surface area contributed by atoms with Crippen LogP contribution in [0.5, 0.6) is 0 Å². The van der Waals surface area contributed by atoms with Gasteiger partial charge in [0.05, 0.1) is 6.61 Å². The second kappa shape index (κ2) is 16.1. The Hall–Kier alpha value is -2.14. The number of nitrogens with one attached hydrogen (secondary N) is 4. The van der Waals surface area contributed by atoms with Gasteiger partial charge in [0.25, 0.3) is 0 Å². The molecule has 2 atom stereocenters. The first-order valence-electron chi connectivity index (χ1n) is 12.2. The Morgan fingerprint density at radius 1 is 1.11 bits per heavy atom. The van der Waals surface area contributed by atoms with E-state index in [0.29, 0.717) is 44.5 Å². The Bertz CT molecular complexity index is 1000. The lowest BCUT2D eigenvalue weighted by Crippen LogP contribution is -2.42. The molecular formula is C24H35Cl2N4O7P.